The maximum Gasteiger partial charge on any atom is 0.115 e. The van der Waals surface area contributed by atoms with E-state index in [4.69, 9.17) is 0 Å². The van der Waals surface area contributed by atoms with Crippen LogP contribution in [0.4, 0.5) is 0 Å². The van der Waals surface area contributed by atoms with Crippen LogP contribution in [0.2, 0.25) is 0 Å². The lowest BCUT2D eigenvalue weighted by molar-refractivity contribution is -0.00557. The van der Waals surface area contributed by atoms with E-state index < -0.39 is 0 Å². The quantitative estimate of drug-likeness (QED) is 0.910. The summed E-state index contributed by atoms with van der Waals surface area (Å²) in [4.78, 5) is 5.30. The zero-order valence-corrected chi connectivity index (χ0v) is 15.9. The second-order valence-corrected chi connectivity index (χ2v) is 8.44. The van der Waals surface area contributed by atoms with Crippen LogP contribution in [-0.4, -0.2) is 47.1 Å². The van der Waals surface area contributed by atoms with E-state index in [-0.39, 0.29) is 5.41 Å². The number of phenols is 1. The Hall–Kier alpha value is -1.84. The summed E-state index contributed by atoms with van der Waals surface area (Å²) >= 11 is 0. The molecule has 0 saturated carbocycles. The number of hydrogen-bond acceptors (Lipinski definition) is 3. The molecule has 3 unspecified atom stereocenters. The zero-order valence-electron chi connectivity index (χ0n) is 15.9. The second kappa shape index (κ2) is 7.05. The summed E-state index contributed by atoms with van der Waals surface area (Å²) in [5.74, 6) is 0.967. The summed E-state index contributed by atoms with van der Waals surface area (Å²) in [7, 11) is 0. The molecule has 2 aliphatic heterocycles. The number of aromatic hydroxyl groups is 1. The first-order chi connectivity index (χ1) is 12.5. The van der Waals surface area contributed by atoms with Crippen molar-refractivity contribution in [3.8, 4) is 5.75 Å². The van der Waals surface area contributed by atoms with Gasteiger partial charge in [-0.05, 0) is 41.0 Å². The van der Waals surface area contributed by atoms with Crippen molar-refractivity contribution in [2.45, 2.75) is 38.3 Å². The van der Waals surface area contributed by atoms with Crippen molar-refractivity contribution in [1.29, 1.82) is 0 Å². The number of phenolic OH excluding ortho intramolecular Hbond substituents is 1. The lowest BCUT2D eigenvalue weighted by Gasteiger charge is -2.53. The molecule has 26 heavy (non-hydrogen) atoms. The van der Waals surface area contributed by atoms with Crippen LogP contribution in [0.3, 0.4) is 0 Å². The average molecular weight is 351 g/mol. The van der Waals surface area contributed by atoms with Gasteiger partial charge in [-0.25, -0.2) is 0 Å². The smallest absolute Gasteiger partial charge is 0.115 e. The Kier molecular flexibility index (Phi) is 4.76. The van der Waals surface area contributed by atoms with Crippen molar-refractivity contribution in [2.24, 2.45) is 5.92 Å². The van der Waals surface area contributed by atoms with Gasteiger partial charge in [0.1, 0.15) is 5.75 Å². The van der Waals surface area contributed by atoms with Crippen LogP contribution in [-0.2, 0) is 12.0 Å². The Bertz CT molecular complexity index is 747. The summed E-state index contributed by atoms with van der Waals surface area (Å²) in [5, 5.41) is 9.96. The Morgan fingerprint density at radius 1 is 1.04 bits per heavy atom. The van der Waals surface area contributed by atoms with Gasteiger partial charge >= 0.3 is 0 Å². The Morgan fingerprint density at radius 3 is 2.62 bits per heavy atom. The minimum atomic E-state index is 0.121. The van der Waals surface area contributed by atoms with E-state index in [1.54, 1.807) is 6.07 Å². The highest BCUT2D eigenvalue weighted by Gasteiger charge is 2.44. The predicted molar refractivity (Wildman–Crippen MR) is 106 cm³/mol. The second-order valence-electron chi connectivity index (χ2n) is 8.44. The summed E-state index contributed by atoms with van der Waals surface area (Å²) < 4.78 is 0. The molecule has 2 heterocycles. The minimum absolute atomic E-state index is 0.121. The molecule has 2 aromatic carbocycles. The zero-order chi connectivity index (χ0) is 18.1. The molecule has 138 valence electrons. The first-order valence-electron chi connectivity index (χ1n) is 9.84. The summed E-state index contributed by atoms with van der Waals surface area (Å²) in [6, 6.07) is 19.3. The maximum atomic E-state index is 9.96. The molecule has 2 aromatic rings. The van der Waals surface area contributed by atoms with Gasteiger partial charge in [-0.3, -0.25) is 9.80 Å². The number of rotatable bonds is 3. The predicted octanol–water partition coefficient (Wildman–Crippen LogP) is 3.88. The number of fused-ring (bicyclic) bond motifs is 1. The van der Waals surface area contributed by atoms with Crippen molar-refractivity contribution in [3.63, 3.8) is 0 Å². The Balaban J connectivity index is 1.50. The summed E-state index contributed by atoms with van der Waals surface area (Å²) in [5.41, 5.74) is 2.81. The number of benzene rings is 2. The molecular weight excluding hydrogens is 320 g/mol. The molecular formula is C23H30N2O. The van der Waals surface area contributed by atoms with Crippen molar-refractivity contribution in [1.82, 2.24) is 9.80 Å². The van der Waals surface area contributed by atoms with E-state index in [9.17, 15) is 5.11 Å². The third-order valence-corrected chi connectivity index (χ3v) is 6.70. The van der Waals surface area contributed by atoms with Gasteiger partial charge < -0.3 is 5.11 Å². The normalized spacial score (nSPS) is 30.1. The summed E-state index contributed by atoms with van der Waals surface area (Å²) in [6.07, 6.45) is 1.16. The monoisotopic (exact) mass is 350 g/mol. The van der Waals surface area contributed by atoms with Crippen LogP contribution in [0.5, 0.6) is 5.75 Å². The van der Waals surface area contributed by atoms with Gasteiger partial charge in [-0.15, -0.1) is 0 Å². The van der Waals surface area contributed by atoms with E-state index in [0.29, 0.717) is 17.7 Å². The fraction of sp³-hybridized carbons (Fsp3) is 0.478. The molecule has 2 fully saturated rings. The van der Waals surface area contributed by atoms with Crippen LogP contribution in [0, 0.1) is 5.92 Å². The van der Waals surface area contributed by atoms with Crippen LogP contribution in [0.1, 0.15) is 31.4 Å². The molecule has 0 aliphatic carbocycles. The maximum absolute atomic E-state index is 9.96. The van der Waals surface area contributed by atoms with Gasteiger partial charge in [-0.2, -0.15) is 0 Å². The van der Waals surface area contributed by atoms with E-state index >= 15 is 0 Å². The first-order valence-corrected chi connectivity index (χ1v) is 9.84. The van der Waals surface area contributed by atoms with E-state index in [1.165, 1.54) is 11.1 Å². The molecule has 2 saturated heterocycles. The van der Waals surface area contributed by atoms with Crippen molar-refractivity contribution in [2.75, 3.05) is 26.2 Å². The van der Waals surface area contributed by atoms with E-state index in [0.717, 1.165) is 39.1 Å². The van der Waals surface area contributed by atoms with Gasteiger partial charge in [0.15, 0.2) is 0 Å². The Labute approximate surface area is 157 Å². The molecule has 0 amide bonds. The van der Waals surface area contributed by atoms with E-state index in [2.05, 4.69) is 60.0 Å². The highest BCUT2D eigenvalue weighted by molar-refractivity contribution is 5.34. The number of hydrogen-bond donors (Lipinski definition) is 1. The van der Waals surface area contributed by atoms with Crippen LogP contribution >= 0.6 is 0 Å². The third-order valence-electron chi connectivity index (χ3n) is 6.70. The highest BCUT2D eigenvalue weighted by Crippen LogP contribution is 2.43. The van der Waals surface area contributed by atoms with Crippen LogP contribution in [0.15, 0.2) is 54.6 Å². The number of nitrogens with zero attached hydrogens (tertiary/aromatic N) is 2. The lowest BCUT2D eigenvalue weighted by Crippen LogP contribution is -2.60. The molecule has 0 bridgehead atoms. The van der Waals surface area contributed by atoms with Gasteiger partial charge in [-0.1, -0.05) is 56.3 Å². The average Bonchev–Trinajstić information content (AvgIpc) is 2.64. The van der Waals surface area contributed by atoms with Gasteiger partial charge in [0.25, 0.3) is 0 Å². The third kappa shape index (κ3) is 3.38. The molecule has 4 rings (SSSR count). The SMILES string of the molecule is CC1CN2CCN(Cc3ccccc3)CC2CC1(C)c1cccc(O)c1. The number of piperidine rings is 1. The summed E-state index contributed by atoms with van der Waals surface area (Å²) in [6.45, 7) is 10.4. The highest BCUT2D eigenvalue weighted by atomic mass is 16.3. The fourth-order valence-corrected chi connectivity index (χ4v) is 4.88. The minimum Gasteiger partial charge on any atom is -0.508 e. The van der Waals surface area contributed by atoms with Crippen LogP contribution in [0.25, 0.3) is 0 Å². The Morgan fingerprint density at radius 2 is 1.85 bits per heavy atom. The van der Waals surface area contributed by atoms with Crippen LogP contribution < -0.4 is 0 Å². The fourth-order valence-electron chi connectivity index (χ4n) is 4.88. The lowest BCUT2D eigenvalue weighted by atomic mass is 9.65. The largest absolute Gasteiger partial charge is 0.508 e. The molecule has 1 N–H and O–H groups in total. The molecule has 0 aromatic heterocycles. The van der Waals surface area contributed by atoms with E-state index in [1.807, 2.05) is 12.1 Å². The van der Waals surface area contributed by atoms with Crippen molar-refractivity contribution < 1.29 is 5.11 Å². The molecule has 3 heteroatoms. The molecule has 0 spiro atoms. The number of piperazine rings is 1. The van der Waals surface area contributed by atoms with Gasteiger partial charge in [0.2, 0.25) is 0 Å². The van der Waals surface area contributed by atoms with Gasteiger partial charge in [0, 0.05) is 38.8 Å². The standard InChI is InChI=1S/C23H30N2O/c1-18-15-25-12-11-24(16-19-7-4-3-5-8-19)17-21(25)14-23(18,2)20-9-6-10-22(26)13-20/h3-10,13,18,21,26H,11-12,14-17H2,1-2H3. The topological polar surface area (TPSA) is 26.7 Å². The first kappa shape index (κ1) is 17.6. The van der Waals surface area contributed by atoms with Crippen molar-refractivity contribution >= 4 is 0 Å². The molecule has 2 aliphatic rings. The molecule has 0 radical (unpaired) electrons. The van der Waals surface area contributed by atoms with Crippen molar-refractivity contribution in [3.05, 3.63) is 65.7 Å². The molecule has 3 nitrogen and oxygen atoms in total. The molecule has 3 atom stereocenters. The van der Waals surface area contributed by atoms with Gasteiger partial charge in [0.05, 0.1) is 0 Å².